The van der Waals surface area contributed by atoms with E-state index >= 15 is 0 Å². The maximum atomic E-state index is 12.2. The van der Waals surface area contributed by atoms with Crippen molar-refractivity contribution in [3.8, 4) is 0 Å². The summed E-state index contributed by atoms with van der Waals surface area (Å²) in [7, 11) is 0. The Kier molecular flexibility index (Phi) is 4.32. The minimum atomic E-state index is -0.823. The van der Waals surface area contributed by atoms with Crippen LogP contribution in [0.3, 0.4) is 0 Å². The first kappa shape index (κ1) is 14.2. The number of likely N-dealkylation sites (tertiary alicyclic amines) is 1. The number of carbonyl (C=O) groups is 2. The summed E-state index contributed by atoms with van der Waals surface area (Å²) >= 11 is 0. The molecule has 0 aromatic carbocycles. The van der Waals surface area contributed by atoms with Crippen LogP contribution >= 0.6 is 0 Å². The highest BCUT2D eigenvalue weighted by Gasteiger charge is 2.34. The third kappa shape index (κ3) is 3.61. The van der Waals surface area contributed by atoms with Crippen LogP contribution in [0.1, 0.15) is 51.9 Å². The van der Waals surface area contributed by atoms with Crippen LogP contribution in [0.25, 0.3) is 0 Å². The lowest BCUT2D eigenvalue weighted by atomic mass is 9.70. The minimum Gasteiger partial charge on any atom is -0.481 e. The number of urea groups is 1. The van der Waals surface area contributed by atoms with Crippen LogP contribution in [0.5, 0.6) is 0 Å². The quantitative estimate of drug-likeness (QED) is 0.821. The lowest BCUT2D eigenvalue weighted by molar-refractivity contribution is -0.138. The Hall–Kier alpha value is -1.26. The van der Waals surface area contributed by atoms with E-state index in [2.05, 4.69) is 12.2 Å². The van der Waals surface area contributed by atoms with Gasteiger partial charge in [0.15, 0.2) is 0 Å². The number of piperidine rings is 1. The molecule has 1 aliphatic heterocycles. The molecule has 1 unspecified atom stereocenters. The number of carbonyl (C=O) groups excluding carboxylic acids is 1. The highest BCUT2D eigenvalue weighted by atomic mass is 16.4. The second-order valence-electron chi connectivity index (χ2n) is 6.26. The smallest absolute Gasteiger partial charge is 0.317 e. The van der Waals surface area contributed by atoms with Crippen molar-refractivity contribution >= 4 is 12.0 Å². The van der Waals surface area contributed by atoms with Gasteiger partial charge in [-0.2, -0.15) is 0 Å². The molecule has 2 N–H and O–H groups in total. The van der Waals surface area contributed by atoms with E-state index in [0.29, 0.717) is 13.1 Å². The van der Waals surface area contributed by atoms with Crippen LogP contribution in [0.15, 0.2) is 0 Å². The zero-order valence-corrected chi connectivity index (χ0v) is 11.7. The lowest BCUT2D eigenvalue weighted by Gasteiger charge is -2.40. The van der Waals surface area contributed by atoms with Gasteiger partial charge in [-0.3, -0.25) is 4.79 Å². The van der Waals surface area contributed by atoms with Gasteiger partial charge in [0.05, 0.1) is 6.42 Å². The van der Waals surface area contributed by atoms with Crippen molar-refractivity contribution in [1.82, 2.24) is 10.2 Å². The molecule has 2 fully saturated rings. The Morgan fingerprint density at radius 2 is 2.05 bits per heavy atom. The van der Waals surface area contributed by atoms with E-state index in [1.165, 1.54) is 19.3 Å². The van der Waals surface area contributed by atoms with Crippen LogP contribution in [0, 0.1) is 5.41 Å². The van der Waals surface area contributed by atoms with Gasteiger partial charge in [0.25, 0.3) is 0 Å². The summed E-state index contributed by atoms with van der Waals surface area (Å²) in [6.07, 6.45) is 6.44. The molecule has 2 aliphatic rings. The number of amides is 2. The number of hydrogen-bond donors (Lipinski definition) is 2. The van der Waals surface area contributed by atoms with Gasteiger partial charge in [0, 0.05) is 19.1 Å². The predicted octanol–water partition coefficient (Wildman–Crippen LogP) is 2.22. The molecule has 5 nitrogen and oxygen atoms in total. The summed E-state index contributed by atoms with van der Waals surface area (Å²) in [6, 6.07) is -0.223. The number of carboxylic acid groups (broad SMARTS) is 1. The van der Waals surface area contributed by atoms with E-state index < -0.39 is 5.97 Å². The van der Waals surface area contributed by atoms with Crippen LogP contribution in [0.2, 0.25) is 0 Å². The summed E-state index contributed by atoms with van der Waals surface area (Å²) in [5.74, 6) is -0.823. The number of nitrogens with one attached hydrogen (secondary N) is 1. The normalized spacial score (nSPS) is 25.5. The molecule has 1 saturated carbocycles. The molecule has 1 atom stereocenters. The molecule has 2 amide bonds. The third-order valence-corrected chi connectivity index (χ3v) is 4.53. The molecule has 2 rings (SSSR count). The van der Waals surface area contributed by atoms with Gasteiger partial charge in [-0.25, -0.2) is 4.79 Å². The Morgan fingerprint density at radius 1 is 1.32 bits per heavy atom. The topological polar surface area (TPSA) is 69.6 Å². The summed E-state index contributed by atoms with van der Waals surface area (Å²) in [6.45, 7) is 3.59. The number of nitrogens with zero attached hydrogens (tertiary/aromatic N) is 1. The van der Waals surface area contributed by atoms with Gasteiger partial charge in [0.2, 0.25) is 0 Å². The van der Waals surface area contributed by atoms with E-state index in [1.807, 2.05) is 0 Å². The standard InChI is InChI=1S/C14H24N2O3/c1-14(6-4-7-14)10-15-13(19)16-8-3-2-5-11(16)9-12(17)18/h11H,2-10H2,1H3,(H,15,19)(H,17,18). The number of aliphatic carboxylic acids is 1. The molecular weight excluding hydrogens is 244 g/mol. The van der Waals surface area contributed by atoms with Crippen molar-refractivity contribution in [3.05, 3.63) is 0 Å². The monoisotopic (exact) mass is 268 g/mol. The van der Waals surface area contributed by atoms with Crippen molar-refractivity contribution in [2.75, 3.05) is 13.1 Å². The van der Waals surface area contributed by atoms with Crippen molar-refractivity contribution in [1.29, 1.82) is 0 Å². The first-order chi connectivity index (χ1) is 9.00. The molecular formula is C14H24N2O3. The summed E-state index contributed by atoms with van der Waals surface area (Å²) in [4.78, 5) is 24.8. The molecule has 5 heteroatoms. The van der Waals surface area contributed by atoms with E-state index in [0.717, 1.165) is 19.3 Å². The molecule has 0 bridgehead atoms. The SMILES string of the molecule is CC1(CNC(=O)N2CCCCC2CC(=O)O)CCC1. The summed E-state index contributed by atoms with van der Waals surface area (Å²) in [5.41, 5.74) is 0.258. The van der Waals surface area contributed by atoms with E-state index in [1.54, 1.807) is 4.90 Å². The molecule has 0 spiro atoms. The number of hydrogen-bond acceptors (Lipinski definition) is 2. The van der Waals surface area contributed by atoms with Gasteiger partial charge in [-0.05, 0) is 37.5 Å². The molecule has 1 heterocycles. The van der Waals surface area contributed by atoms with Gasteiger partial charge in [0.1, 0.15) is 0 Å². The molecule has 19 heavy (non-hydrogen) atoms. The largest absolute Gasteiger partial charge is 0.481 e. The zero-order chi connectivity index (χ0) is 13.9. The predicted molar refractivity (Wildman–Crippen MR) is 72.0 cm³/mol. The summed E-state index contributed by atoms with van der Waals surface area (Å²) in [5, 5.41) is 11.9. The van der Waals surface area contributed by atoms with Crippen molar-refractivity contribution < 1.29 is 14.7 Å². The highest BCUT2D eigenvalue weighted by molar-refractivity contribution is 5.76. The van der Waals surface area contributed by atoms with Gasteiger partial charge >= 0.3 is 12.0 Å². The Balaban J connectivity index is 1.85. The van der Waals surface area contributed by atoms with Gasteiger partial charge in [-0.1, -0.05) is 13.3 Å². The Labute approximate surface area is 114 Å². The zero-order valence-electron chi connectivity index (χ0n) is 11.7. The first-order valence-electron chi connectivity index (χ1n) is 7.26. The molecule has 0 aromatic heterocycles. The molecule has 1 saturated heterocycles. The van der Waals surface area contributed by atoms with Crippen molar-refractivity contribution in [3.63, 3.8) is 0 Å². The Morgan fingerprint density at radius 3 is 2.63 bits per heavy atom. The van der Waals surface area contributed by atoms with Gasteiger partial charge in [-0.15, -0.1) is 0 Å². The third-order valence-electron chi connectivity index (χ3n) is 4.53. The van der Waals surface area contributed by atoms with E-state index in [9.17, 15) is 9.59 Å². The minimum absolute atomic E-state index is 0.0602. The van der Waals surface area contributed by atoms with E-state index in [-0.39, 0.29) is 23.9 Å². The Bertz CT molecular complexity index is 353. The van der Waals surface area contributed by atoms with Crippen LogP contribution in [-0.4, -0.2) is 41.1 Å². The van der Waals surface area contributed by atoms with Crippen molar-refractivity contribution in [2.24, 2.45) is 5.41 Å². The lowest BCUT2D eigenvalue weighted by Crippen LogP contribution is -2.51. The molecule has 108 valence electrons. The van der Waals surface area contributed by atoms with Crippen LogP contribution in [-0.2, 0) is 4.79 Å². The number of carboxylic acids is 1. The van der Waals surface area contributed by atoms with Crippen LogP contribution < -0.4 is 5.32 Å². The molecule has 1 aliphatic carbocycles. The first-order valence-corrected chi connectivity index (χ1v) is 7.26. The maximum absolute atomic E-state index is 12.2. The fourth-order valence-corrected chi connectivity index (χ4v) is 3.03. The maximum Gasteiger partial charge on any atom is 0.317 e. The van der Waals surface area contributed by atoms with Crippen LogP contribution in [0.4, 0.5) is 4.79 Å². The average Bonchev–Trinajstić information content (AvgIpc) is 2.33. The average molecular weight is 268 g/mol. The second kappa shape index (κ2) is 5.80. The highest BCUT2D eigenvalue weighted by Crippen LogP contribution is 2.39. The van der Waals surface area contributed by atoms with Crippen molar-refractivity contribution in [2.45, 2.75) is 57.9 Å². The van der Waals surface area contributed by atoms with E-state index in [4.69, 9.17) is 5.11 Å². The summed E-state index contributed by atoms with van der Waals surface area (Å²) < 4.78 is 0. The molecule has 0 radical (unpaired) electrons. The second-order valence-corrected chi connectivity index (χ2v) is 6.26. The molecule has 0 aromatic rings. The fourth-order valence-electron chi connectivity index (χ4n) is 3.03. The number of rotatable bonds is 4. The fraction of sp³-hybridized carbons (Fsp3) is 0.857. The van der Waals surface area contributed by atoms with Gasteiger partial charge < -0.3 is 15.3 Å².